The minimum Gasteiger partial charge on any atom is -0.480 e. The largest absolute Gasteiger partial charge is 0.480 e. The molecule has 0 saturated heterocycles. The van der Waals surface area contributed by atoms with Crippen molar-refractivity contribution in [3.05, 3.63) is 34.4 Å². The molecule has 0 saturated carbocycles. The van der Waals surface area contributed by atoms with Gasteiger partial charge in [-0.1, -0.05) is 12.1 Å². The molecule has 0 aliphatic rings. The quantitative estimate of drug-likeness (QED) is 0.323. The lowest BCUT2D eigenvalue weighted by molar-refractivity contribution is -0.387. The van der Waals surface area contributed by atoms with Gasteiger partial charge in [-0.05, 0) is 6.07 Å². The van der Waals surface area contributed by atoms with Crippen molar-refractivity contribution in [1.82, 2.24) is 4.72 Å². The molecule has 1 rings (SSSR count). The molecular weight excluding hydrogens is 332 g/mol. The average Bonchev–Trinajstić information content (AvgIpc) is 2.49. The molecule has 0 aliphatic heterocycles. The number of sulfonamides is 1. The first-order valence-corrected chi connectivity index (χ1v) is 7.93. The summed E-state index contributed by atoms with van der Waals surface area (Å²) in [4.78, 5) is 19.8. The highest BCUT2D eigenvalue weighted by Crippen LogP contribution is 2.22. The van der Waals surface area contributed by atoms with Gasteiger partial charge in [0, 0.05) is 12.6 Å². The number of nitro groups is 1. The van der Waals surface area contributed by atoms with Crippen LogP contribution in [0.5, 0.6) is 0 Å². The number of nitrogens with one attached hydrogen (secondary N) is 1. The number of carbonyl (C=O) groups is 1. The van der Waals surface area contributed by atoms with Crippen LogP contribution in [-0.4, -0.2) is 57.4 Å². The molecule has 0 fully saturated rings. The third-order valence-corrected chi connectivity index (χ3v) is 4.00. The van der Waals surface area contributed by atoms with Gasteiger partial charge in [-0.3, -0.25) is 10.1 Å². The van der Waals surface area contributed by atoms with Gasteiger partial charge in [-0.2, -0.15) is 0 Å². The normalized spacial score (nSPS) is 11.3. The van der Waals surface area contributed by atoms with Crippen molar-refractivity contribution in [2.45, 2.75) is 4.90 Å². The monoisotopic (exact) mass is 348 g/mol. The van der Waals surface area contributed by atoms with Gasteiger partial charge >= 0.3 is 5.97 Å². The van der Waals surface area contributed by atoms with E-state index >= 15 is 0 Å². The Balaban J connectivity index is 2.40. The number of nitro benzene ring substituents is 1. The molecule has 1 aromatic rings. The predicted molar refractivity (Wildman–Crippen MR) is 77.6 cm³/mol. The minimum absolute atomic E-state index is 0.0102. The number of carboxylic acids is 1. The molecular formula is C12H16N2O8S. The Labute approximate surface area is 132 Å². The smallest absolute Gasteiger partial charge is 0.329 e. The van der Waals surface area contributed by atoms with Crippen LogP contribution in [0.3, 0.4) is 0 Å². The number of rotatable bonds is 11. The predicted octanol–water partition coefficient (Wildman–Crippen LogP) is -0.00910. The lowest BCUT2D eigenvalue weighted by Gasteiger charge is -2.08. The molecule has 0 aliphatic carbocycles. The standard InChI is InChI=1S/C12H16N2O8S/c15-12(16)9-22-8-7-21-6-5-13-23(19,20)11-4-2-1-3-10(11)14(17)18/h1-4,13H,5-9H2,(H,15,16). The third-order valence-electron chi connectivity index (χ3n) is 2.49. The number of hydrogen-bond acceptors (Lipinski definition) is 7. The fourth-order valence-electron chi connectivity index (χ4n) is 1.54. The fourth-order valence-corrected chi connectivity index (χ4v) is 2.72. The number of para-hydroxylation sites is 1. The molecule has 23 heavy (non-hydrogen) atoms. The van der Waals surface area contributed by atoms with Gasteiger partial charge in [0.2, 0.25) is 10.0 Å². The lowest BCUT2D eigenvalue weighted by Crippen LogP contribution is -2.28. The molecule has 10 nitrogen and oxygen atoms in total. The van der Waals surface area contributed by atoms with Gasteiger partial charge in [-0.25, -0.2) is 17.9 Å². The molecule has 0 radical (unpaired) electrons. The SMILES string of the molecule is O=C(O)COCCOCCNS(=O)(=O)c1ccccc1[N+](=O)[O-]. The third kappa shape index (κ3) is 6.69. The van der Waals surface area contributed by atoms with Crippen molar-refractivity contribution in [1.29, 1.82) is 0 Å². The van der Waals surface area contributed by atoms with E-state index in [-0.39, 0.29) is 26.4 Å². The Morgan fingerprint density at radius 3 is 2.52 bits per heavy atom. The van der Waals surface area contributed by atoms with Crippen LogP contribution >= 0.6 is 0 Å². The molecule has 0 atom stereocenters. The van der Waals surface area contributed by atoms with Gasteiger partial charge in [0.05, 0.1) is 24.7 Å². The Morgan fingerprint density at radius 2 is 1.87 bits per heavy atom. The zero-order valence-electron chi connectivity index (χ0n) is 12.0. The van der Waals surface area contributed by atoms with E-state index < -0.39 is 38.1 Å². The summed E-state index contributed by atoms with van der Waals surface area (Å²) in [6, 6.07) is 5.00. The molecule has 0 unspecified atom stereocenters. The zero-order chi connectivity index (χ0) is 17.3. The van der Waals surface area contributed by atoms with E-state index in [1.54, 1.807) is 0 Å². The van der Waals surface area contributed by atoms with E-state index in [4.69, 9.17) is 14.6 Å². The highest BCUT2D eigenvalue weighted by atomic mass is 32.2. The van der Waals surface area contributed by atoms with Crippen molar-refractivity contribution in [2.75, 3.05) is 33.0 Å². The van der Waals surface area contributed by atoms with E-state index in [9.17, 15) is 23.3 Å². The summed E-state index contributed by atoms with van der Waals surface area (Å²) in [6.45, 7) is -0.360. The van der Waals surface area contributed by atoms with Crippen LogP contribution in [0.2, 0.25) is 0 Å². The van der Waals surface area contributed by atoms with E-state index in [0.717, 1.165) is 12.1 Å². The van der Waals surface area contributed by atoms with Gasteiger partial charge in [0.15, 0.2) is 4.90 Å². The van der Waals surface area contributed by atoms with Crippen LogP contribution in [0.1, 0.15) is 0 Å². The van der Waals surface area contributed by atoms with Crippen LogP contribution in [0.15, 0.2) is 29.2 Å². The fraction of sp³-hybridized carbons (Fsp3) is 0.417. The van der Waals surface area contributed by atoms with Crippen LogP contribution in [0, 0.1) is 10.1 Å². The highest BCUT2D eigenvalue weighted by molar-refractivity contribution is 7.89. The molecule has 0 heterocycles. The number of hydrogen-bond donors (Lipinski definition) is 2. The molecule has 0 spiro atoms. The molecule has 0 aromatic heterocycles. The summed E-state index contributed by atoms with van der Waals surface area (Å²) in [5.41, 5.74) is -0.511. The van der Waals surface area contributed by atoms with Gasteiger partial charge in [-0.15, -0.1) is 0 Å². The summed E-state index contributed by atoms with van der Waals surface area (Å²) in [6.07, 6.45) is 0. The molecule has 128 valence electrons. The summed E-state index contributed by atoms with van der Waals surface area (Å²) < 4.78 is 36.0. The van der Waals surface area contributed by atoms with Crippen LogP contribution in [0.4, 0.5) is 5.69 Å². The summed E-state index contributed by atoms with van der Waals surface area (Å²) in [5, 5.41) is 19.1. The van der Waals surface area contributed by atoms with Gasteiger partial charge in [0.1, 0.15) is 6.61 Å². The van der Waals surface area contributed by atoms with Crippen LogP contribution in [0.25, 0.3) is 0 Å². The number of benzene rings is 1. The lowest BCUT2D eigenvalue weighted by atomic mass is 10.3. The van der Waals surface area contributed by atoms with Crippen LogP contribution in [-0.2, 0) is 24.3 Å². The van der Waals surface area contributed by atoms with Gasteiger partial charge in [0.25, 0.3) is 5.69 Å². The highest BCUT2D eigenvalue weighted by Gasteiger charge is 2.24. The van der Waals surface area contributed by atoms with E-state index in [1.165, 1.54) is 12.1 Å². The minimum atomic E-state index is -4.03. The second kappa shape index (κ2) is 9.15. The maximum absolute atomic E-state index is 12.0. The van der Waals surface area contributed by atoms with Crippen LogP contribution < -0.4 is 4.72 Å². The molecule has 0 bridgehead atoms. The number of aliphatic carboxylic acids is 1. The first-order valence-electron chi connectivity index (χ1n) is 6.45. The number of ether oxygens (including phenoxy) is 2. The van der Waals surface area contributed by atoms with E-state index in [2.05, 4.69) is 4.72 Å². The molecule has 0 amide bonds. The maximum Gasteiger partial charge on any atom is 0.329 e. The van der Waals surface area contributed by atoms with E-state index in [1.807, 2.05) is 0 Å². The average molecular weight is 348 g/mol. The topological polar surface area (TPSA) is 145 Å². The van der Waals surface area contributed by atoms with Crippen molar-refractivity contribution in [2.24, 2.45) is 0 Å². The Bertz CT molecular complexity index is 646. The molecule has 1 aromatic carbocycles. The summed E-state index contributed by atoms with van der Waals surface area (Å²) in [5.74, 6) is -1.10. The Kier molecular flexibility index (Phi) is 7.54. The summed E-state index contributed by atoms with van der Waals surface area (Å²) in [7, 11) is -4.03. The maximum atomic E-state index is 12.0. The zero-order valence-corrected chi connectivity index (χ0v) is 12.8. The summed E-state index contributed by atoms with van der Waals surface area (Å²) >= 11 is 0. The van der Waals surface area contributed by atoms with Crippen molar-refractivity contribution < 1.29 is 32.7 Å². The van der Waals surface area contributed by atoms with E-state index in [0.29, 0.717) is 0 Å². The first kappa shape index (κ1) is 19.0. The second-order valence-electron chi connectivity index (χ2n) is 4.18. The van der Waals surface area contributed by atoms with Gasteiger partial charge < -0.3 is 14.6 Å². The van der Waals surface area contributed by atoms with Crippen molar-refractivity contribution in [3.63, 3.8) is 0 Å². The number of nitrogens with zero attached hydrogens (tertiary/aromatic N) is 1. The van der Waals surface area contributed by atoms with Crippen molar-refractivity contribution >= 4 is 21.7 Å². The molecule has 2 N–H and O–H groups in total. The number of carboxylic acid groups (broad SMARTS) is 1. The Morgan fingerprint density at radius 1 is 1.22 bits per heavy atom. The molecule has 11 heteroatoms. The Hall–Kier alpha value is -2.08. The second-order valence-corrected chi connectivity index (χ2v) is 5.92. The van der Waals surface area contributed by atoms with Crippen molar-refractivity contribution in [3.8, 4) is 0 Å². The first-order chi connectivity index (χ1) is 10.8.